The highest BCUT2D eigenvalue weighted by Crippen LogP contribution is 2.29. The van der Waals surface area contributed by atoms with Crippen LogP contribution in [-0.2, 0) is 0 Å². The average Bonchev–Trinajstić information content (AvgIpc) is 3.27. The van der Waals surface area contributed by atoms with E-state index in [1.807, 2.05) is 41.1 Å². The Morgan fingerprint density at radius 3 is 2.96 bits per heavy atom. The van der Waals surface area contributed by atoms with Crippen LogP contribution in [0, 0.1) is 0 Å². The number of aromatic nitrogens is 2. The van der Waals surface area contributed by atoms with E-state index in [4.69, 9.17) is 4.98 Å². The third kappa shape index (κ3) is 3.40. The van der Waals surface area contributed by atoms with E-state index in [2.05, 4.69) is 52.0 Å². The van der Waals surface area contributed by atoms with E-state index >= 15 is 0 Å². The second-order valence-electron chi connectivity index (χ2n) is 6.21. The lowest BCUT2D eigenvalue weighted by atomic mass is 10.0. The highest BCUT2D eigenvalue weighted by atomic mass is 32.1. The first kappa shape index (κ1) is 17.5. The third-order valence-corrected chi connectivity index (χ3v) is 5.19. The predicted molar refractivity (Wildman–Crippen MR) is 113 cm³/mol. The minimum atomic E-state index is -0.185. The highest BCUT2D eigenvalue weighted by Gasteiger charge is 2.21. The van der Waals surface area contributed by atoms with Crippen molar-refractivity contribution in [3.63, 3.8) is 0 Å². The monoisotopic (exact) mass is 392 g/mol. The van der Waals surface area contributed by atoms with Crippen LogP contribution in [0.5, 0.6) is 0 Å². The van der Waals surface area contributed by atoms with Gasteiger partial charge < -0.3 is 5.32 Å². The first-order chi connectivity index (χ1) is 13.2. The minimum absolute atomic E-state index is 0.124. The normalized spacial score (nSPS) is 12.0. The summed E-state index contributed by atoms with van der Waals surface area (Å²) in [4.78, 5) is 22.4. The fourth-order valence-electron chi connectivity index (χ4n) is 3.00. The Labute approximate surface area is 165 Å². The first-order valence-electron chi connectivity index (χ1n) is 8.47. The Morgan fingerprint density at radius 1 is 1.33 bits per heavy atom. The first-order valence-corrected chi connectivity index (χ1v) is 9.76. The molecule has 0 bridgehead atoms. The van der Waals surface area contributed by atoms with Gasteiger partial charge in [0.25, 0.3) is 5.91 Å². The zero-order valence-corrected chi connectivity index (χ0v) is 16.2. The second kappa shape index (κ2) is 7.40. The van der Waals surface area contributed by atoms with Crippen LogP contribution in [0.15, 0.2) is 59.0 Å². The summed E-state index contributed by atoms with van der Waals surface area (Å²) in [6.07, 6.45) is 1.87. The molecule has 1 atom stereocenters. The van der Waals surface area contributed by atoms with E-state index in [1.165, 1.54) is 11.3 Å². The number of nitrogens with one attached hydrogen (secondary N) is 1. The van der Waals surface area contributed by atoms with E-state index in [1.54, 1.807) is 0 Å². The Balaban J connectivity index is 1.76. The molecule has 1 unspecified atom stereocenters. The summed E-state index contributed by atoms with van der Waals surface area (Å²) >= 11 is 6.12. The Kier molecular flexibility index (Phi) is 4.81. The van der Waals surface area contributed by atoms with Crippen LogP contribution >= 0.6 is 23.6 Å². The zero-order valence-electron chi connectivity index (χ0n) is 14.5. The number of thiocarbonyl (C=S) groups is 1. The van der Waals surface area contributed by atoms with E-state index in [0.717, 1.165) is 21.3 Å². The molecule has 134 valence electrons. The molecule has 0 aliphatic carbocycles. The molecule has 0 aliphatic heterocycles. The fourth-order valence-corrected chi connectivity index (χ4v) is 3.89. The summed E-state index contributed by atoms with van der Waals surface area (Å²) in [6, 6.07) is 14.1. The van der Waals surface area contributed by atoms with Crippen LogP contribution < -0.4 is 5.32 Å². The van der Waals surface area contributed by atoms with Gasteiger partial charge in [-0.15, -0.1) is 11.3 Å². The highest BCUT2D eigenvalue weighted by molar-refractivity contribution is 7.78. The number of fused-ring (bicyclic) bond motifs is 2. The van der Waals surface area contributed by atoms with Gasteiger partial charge in [-0.25, -0.2) is 9.98 Å². The molecule has 2 aromatic heterocycles. The molecule has 1 N–H and O–H groups in total. The van der Waals surface area contributed by atoms with Crippen molar-refractivity contribution < 1.29 is 4.79 Å². The van der Waals surface area contributed by atoms with Gasteiger partial charge in [0.15, 0.2) is 4.96 Å². The van der Waals surface area contributed by atoms with Crippen LogP contribution in [0.25, 0.3) is 27.0 Å². The summed E-state index contributed by atoms with van der Waals surface area (Å²) < 4.78 is 1.83. The van der Waals surface area contributed by atoms with Gasteiger partial charge >= 0.3 is 0 Å². The van der Waals surface area contributed by atoms with Crippen molar-refractivity contribution in [2.24, 2.45) is 4.99 Å². The zero-order chi connectivity index (χ0) is 18.8. The maximum absolute atomic E-state index is 12.9. The lowest BCUT2D eigenvalue weighted by molar-refractivity contribution is 0.0947. The number of carbonyl (C=O) groups is 1. The fraction of sp³-hybridized carbons (Fsp3) is 0.150. The molecule has 27 heavy (non-hydrogen) atoms. The molecule has 0 spiro atoms. The summed E-state index contributed by atoms with van der Waals surface area (Å²) in [5.41, 5.74) is 2.12. The second-order valence-corrected chi connectivity index (χ2v) is 7.26. The molecule has 2 aromatic carbocycles. The van der Waals surface area contributed by atoms with Crippen LogP contribution in [0.1, 0.15) is 17.4 Å². The van der Waals surface area contributed by atoms with Crippen molar-refractivity contribution in [1.82, 2.24) is 14.7 Å². The Hall–Kier alpha value is -2.86. The van der Waals surface area contributed by atoms with Crippen molar-refractivity contribution >= 4 is 50.4 Å². The Bertz CT molecular complexity index is 1190. The van der Waals surface area contributed by atoms with Crippen molar-refractivity contribution in [2.45, 2.75) is 13.0 Å². The molecule has 7 heteroatoms. The van der Waals surface area contributed by atoms with Crippen molar-refractivity contribution in [2.75, 3.05) is 6.54 Å². The van der Waals surface area contributed by atoms with Crippen molar-refractivity contribution in [3.8, 4) is 11.3 Å². The number of isothiocyanates is 1. The van der Waals surface area contributed by atoms with Gasteiger partial charge in [-0.2, -0.15) is 0 Å². The standard InChI is InChI=1S/C20H16N4OS2/c1-13(22-12-26)11-21-19(25)18-17(23-20-24(18)8-9-27-20)16-7-6-14-4-2-3-5-15(14)10-16/h2-10,13H,11H2,1H3,(H,21,25). The number of imidazole rings is 1. The van der Waals surface area contributed by atoms with Crippen LogP contribution in [0.3, 0.4) is 0 Å². The molecule has 1 amide bonds. The number of aliphatic imine (C=N–C) groups is 1. The van der Waals surface area contributed by atoms with Gasteiger partial charge in [-0.1, -0.05) is 36.4 Å². The summed E-state index contributed by atoms with van der Waals surface area (Å²) in [5.74, 6) is -0.185. The molecule has 4 rings (SSSR count). The van der Waals surface area contributed by atoms with E-state index in [0.29, 0.717) is 17.9 Å². The maximum atomic E-state index is 12.9. The van der Waals surface area contributed by atoms with Crippen LogP contribution in [0.4, 0.5) is 0 Å². The number of nitrogens with zero attached hydrogens (tertiary/aromatic N) is 3. The third-order valence-electron chi connectivity index (χ3n) is 4.33. The van der Waals surface area contributed by atoms with Gasteiger partial charge in [0, 0.05) is 23.7 Å². The summed E-state index contributed by atoms with van der Waals surface area (Å²) in [6.45, 7) is 2.26. The topological polar surface area (TPSA) is 58.8 Å². The maximum Gasteiger partial charge on any atom is 0.270 e. The molecule has 0 saturated heterocycles. The quantitative estimate of drug-likeness (QED) is 0.404. The van der Waals surface area contributed by atoms with Crippen LogP contribution in [0.2, 0.25) is 0 Å². The van der Waals surface area contributed by atoms with Gasteiger partial charge in [-0.3, -0.25) is 9.20 Å². The molecule has 0 aliphatic rings. The van der Waals surface area contributed by atoms with Gasteiger partial charge in [0.05, 0.1) is 11.2 Å². The number of rotatable bonds is 5. The average molecular weight is 393 g/mol. The summed E-state index contributed by atoms with van der Waals surface area (Å²) in [7, 11) is 0. The largest absolute Gasteiger partial charge is 0.349 e. The molecule has 5 nitrogen and oxygen atoms in total. The smallest absolute Gasteiger partial charge is 0.270 e. The minimum Gasteiger partial charge on any atom is -0.349 e. The van der Waals surface area contributed by atoms with Crippen molar-refractivity contribution in [1.29, 1.82) is 0 Å². The number of hydrogen-bond acceptors (Lipinski definition) is 5. The lowest BCUT2D eigenvalue weighted by Gasteiger charge is -2.09. The number of thiazole rings is 1. The van der Waals surface area contributed by atoms with E-state index in [9.17, 15) is 4.79 Å². The molecular formula is C20H16N4OS2. The number of amides is 1. The van der Waals surface area contributed by atoms with Gasteiger partial charge in [0.1, 0.15) is 11.4 Å². The SMILES string of the molecule is CC(CNC(=O)c1c(-c2ccc3ccccc3c2)nc2sccn12)N=C=S. The predicted octanol–water partition coefficient (Wildman–Crippen LogP) is 4.44. The van der Waals surface area contributed by atoms with Crippen molar-refractivity contribution in [3.05, 3.63) is 59.7 Å². The molecule has 2 heterocycles. The molecule has 0 saturated carbocycles. The molecule has 4 aromatic rings. The van der Waals surface area contributed by atoms with Crippen LogP contribution in [-0.4, -0.2) is 33.0 Å². The van der Waals surface area contributed by atoms with Gasteiger partial charge in [0.2, 0.25) is 0 Å². The molecule has 0 fully saturated rings. The number of hydrogen-bond donors (Lipinski definition) is 1. The molecular weight excluding hydrogens is 376 g/mol. The molecule has 0 radical (unpaired) electrons. The summed E-state index contributed by atoms with van der Waals surface area (Å²) in [5, 5.41) is 9.46. The Morgan fingerprint density at radius 2 is 2.15 bits per heavy atom. The lowest BCUT2D eigenvalue weighted by Crippen LogP contribution is -2.31. The van der Waals surface area contributed by atoms with E-state index < -0.39 is 0 Å². The number of carbonyl (C=O) groups excluding carboxylic acids is 1. The van der Waals surface area contributed by atoms with E-state index in [-0.39, 0.29) is 11.9 Å². The van der Waals surface area contributed by atoms with Gasteiger partial charge in [-0.05, 0) is 36.0 Å². The number of benzene rings is 2.